The monoisotopic (exact) mass is 289 g/mol. The molecule has 3 heterocycles. The summed E-state index contributed by atoms with van der Waals surface area (Å²) in [6.07, 6.45) is 5.27. The number of rotatable bonds is 3. The zero-order chi connectivity index (χ0) is 13.9. The maximum Gasteiger partial charge on any atom is 0.244 e. The van der Waals surface area contributed by atoms with Gasteiger partial charge >= 0.3 is 0 Å². The number of hydrogen-bond acceptors (Lipinski definition) is 4. The summed E-state index contributed by atoms with van der Waals surface area (Å²) in [6.45, 7) is 3.70. The van der Waals surface area contributed by atoms with E-state index in [9.17, 15) is 4.79 Å². The van der Waals surface area contributed by atoms with Crippen molar-refractivity contribution in [1.82, 2.24) is 9.88 Å². The minimum Gasteiger partial charge on any atom is -0.358 e. The minimum atomic E-state index is -0.230. The molecule has 2 aromatic rings. The van der Waals surface area contributed by atoms with Gasteiger partial charge in [-0.1, -0.05) is 0 Å². The van der Waals surface area contributed by atoms with Crippen LogP contribution in [0.25, 0.3) is 10.1 Å². The second-order valence-corrected chi connectivity index (χ2v) is 6.19. The molecule has 4 nitrogen and oxygen atoms in total. The Hall–Kier alpha value is -1.62. The Balaban J connectivity index is 1.73. The van der Waals surface area contributed by atoms with E-state index in [4.69, 9.17) is 0 Å². The molecule has 1 unspecified atom stereocenters. The number of thiophene rings is 1. The van der Waals surface area contributed by atoms with Gasteiger partial charge in [0.1, 0.15) is 11.9 Å². The maximum atomic E-state index is 12.4. The minimum absolute atomic E-state index is 0.179. The van der Waals surface area contributed by atoms with Crippen molar-refractivity contribution in [2.24, 2.45) is 0 Å². The molecule has 1 amide bonds. The SMILES string of the molecule is CC(Nc1nccc2sccc12)C(=O)N1CCCCC1. The molecule has 1 aliphatic rings. The second kappa shape index (κ2) is 5.79. The maximum absolute atomic E-state index is 12.4. The molecule has 0 aliphatic carbocycles. The molecule has 1 atom stereocenters. The first-order valence-corrected chi connectivity index (χ1v) is 8.01. The van der Waals surface area contributed by atoms with E-state index in [1.54, 1.807) is 17.5 Å². The van der Waals surface area contributed by atoms with E-state index in [0.717, 1.165) is 37.1 Å². The van der Waals surface area contributed by atoms with E-state index in [1.165, 1.54) is 11.1 Å². The normalized spacial score (nSPS) is 17.1. The molecule has 3 rings (SSSR count). The molecule has 0 aromatic carbocycles. The highest BCUT2D eigenvalue weighted by atomic mass is 32.1. The lowest BCUT2D eigenvalue weighted by Gasteiger charge is -2.29. The molecule has 20 heavy (non-hydrogen) atoms. The second-order valence-electron chi connectivity index (χ2n) is 5.24. The van der Waals surface area contributed by atoms with Crippen molar-refractivity contribution in [3.05, 3.63) is 23.7 Å². The number of amides is 1. The third-order valence-electron chi connectivity index (χ3n) is 3.77. The fourth-order valence-electron chi connectivity index (χ4n) is 2.66. The zero-order valence-electron chi connectivity index (χ0n) is 11.6. The van der Waals surface area contributed by atoms with Crippen LogP contribution in [0.5, 0.6) is 0 Å². The highest BCUT2D eigenvalue weighted by Gasteiger charge is 2.22. The molecule has 0 spiro atoms. The number of carbonyl (C=O) groups excluding carboxylic acids is 1. The van der Waals surface area contributed by atoms with Crippen LogP contribution in [-0.4, -0.2) is 34.9 Å². The molecule has 1 fully saturated rings. The van der Waals surface area contributed by atoms with Crippen molar-refractivity contribution in [2.45, 2.75) is 32.2 Å². The van der Waals surface area contributed by atoms with Crippen LogP contribution in [-0.2, 0) is 4.79 Å². The standard InChI is InChI=1S/C15H19N3OS/c1-11(15(19)18-8-3-2-4-9-18)17-14-12-6-10-20-13(12)5-7-16-14/h5-7,10-11H,2-4,8-9H2,1H3,(H,16,17). The largest absolute Gasteiger partial charge is 0.358 e. The number of carbonyl (C=O) groups is 1. The van der Waals surface area contributed by atoms with Crippen LogP contribution in [0.3, 0.4) is 0 Å². The summed E-state index contributed by atoms with van der Waals surface area (Å²) < 4.78 is 1.19. The number of anilines is 1. The van der Waals surface area contributed by atoms with Gasteiger partial charge in [0, 0.05) is 29.4 Å². The number of pyridine rings is 1. The number of likely N-dealkylation sites (tertiary alicyclic amines) is 1. The van der Waals surface area contributed by atoms with Crippen LogP contribution in [0.2, 0.25) is 0 Å². The lowest BCUT2D eigenvalue weighted by Crippen LogP contribution is -2.44. The van der Waals surface area contributed by atoms with Gasteiger partial charge in [-0.25, -0.2) is 4.98 Å². The highest BCUT2D eigenvalue weighted by Crippen LogP contribution is 2.26. The predicted molar refractivity (Wildman–Crippen MR) is 83.1 cm³/mol. The fraction of sp³-hybridized carbons (Fsp3) is 0.467. The summed E-state index contributed by atoms with van der Waals surface area (Å²) in [5, 5.41) is 6.42. The quantitative estimate of drug-likeness (QED) is 0.944. The molecule has 0 saturated carbocycles. The third kappa shape index (κ3) is 2.63. The number of nitrogens with one attached hydrogen (secondary N) is 1. The van der Waals surface area contributed by atoms with Crippen molar-refractivity contribution >= 4 is 33.1 Å². The Kier molecular flexibility index (Phi) is 3.87. The number of hydrogen-bond donors (Lipinski definition) is 1. The summed E-state index contributed by atoms with van der Waals surface area (Å²) in [4.78, 5) is 18.8. The van der Waals surface area contributed by atoms with E-state index < -0.39 is 0 Å². The van der Waals surface area contributed by atoms with E-state index >= 15 is 0 Å². The molecular formula is C15H19N3OS. The van der Waals surface area contributed by atoms with E-state index in [1.807, 2.05) is 24.0 Å². The summed E-state index contributed by atoms with van der Waals surface area (Å²) >= 11 is 1.69. The number of piperidine rings is 1. The molecule has 2 aromatic heterocycles. The van der Waals surface area contributed by atoms with Crippen LogP contribution in [0.15, 0.2) is 23.7 Å². The molecule has 0 bridgehead atoms. The first-order chi connectivity index (χ1) is 9.75. The number of nitrogens with zero attached hydrogens (tertiary/aromatic N) is 2. The van der Waals surface area contributed by atoms with E-state index in [2.05, 4.69) is 15.7 Å². The number of aromatic nitrogens is 1. The molecular weight excluding hydrogens is 270 g/mol. The Morgan fingerprint density at radius 2 is 2.15 bits per heavy atom. The van der Waals surface area contributed by atoms with Gasteiger partial charge in [0.05, 0.1) is 0 Å². The van der Waals surface area contributed by atoms with Crippen LogP contribution in [0, 0.1) is 0 Å². The van der Waals surface area contributed by atoms with Crippen molar-refractivity contribution in [3.8, 4) is 0 Å². The van der Waals surface area contributed by atoms with Gasteiger partial charge in [-0.3, -0.25) is 4.79 Å². The van der Waals surface area contributed by atoms with Gasteiger partial charge in [-0.2, -0.15) is 0 Å². The first kappa shape index (κ1) is 13.4. The van der Waals surface area contributed by atoms with Crippen LogP contribution < -0.4 is 5.32 Å². The molecule has 106 valence electrons. The van der Waals surface area contributed by atoms with E-state index in [-0.39, 0.29) is 11.9 Å². The van der Waals surface area contributed by atoms with Crippen LogP contribution >= 0.6 is 11.3 Å². The molecule has 1 saturated heterocycles. The van der Waals surface area contributed by atoms with Crippen LogP contribution in [0.4, 0.5) is 5.82 Å². The van der Waals surface area contributed by atoms with E-state index in [0.29, 0.717) is 0 Å². The average molecular weight is 289 g/mol. The van der Waals surface area contributed by atoms with Crippen molar-refractivity contribution in [2.75, 3.05) is 18.4 Å². The predicted octanol–water partition coefficient (Wildman–Crippen LogP) is 3.11. The average Bonchev–Trinajstić information content (AvgIpc) is 2.97. The Morgan fingerprint density at radius 1 is 1.35 bits per heavy atom. The van der Waals surface area contributed by atoms with Gasteiger partial charge in [-0.15, -0.1) is 11.3 Å². The summed E-state index contributed by atoms with van der Waals surface area (Å²) in [6, 6.07) is 3.82. The van der Waals surface area contributed by atoms with Gasteiger partial charge in [0.15, 0.2) is 0 Å². The lowest BCUT2D eigenvalue weighted by molar-refractivity contribution is -0.132. The summed E-state index contributed by atoms with van der Waals surface area (Å²) in [5.41, 5.74) is 0. The first-order valence-electron chi connectivity index (χ1n) is 7.13. The van der Waals surface area contributed by atoms with Crippen molar-refractivity contribution in [1.29, 1.82) is 0 Å². The summed E-state index contributed by atoms with van der Waals surface area (Å²) in [7, 11) is 0. The summed E-state index contributed by atoms with van der Waals surface area (Å²) in [5.74, 6) is 0.986. The topological polar surface area (TPSA) is 45.2 Å². The molecule has 0 radical (unpaired) electrons. The highest BCUT2D eigenvalue weighted by molar-refractivity contribution is 7.17. The van der Waals surface area contributed by atoms with Gasteiger partial charge in [-0.05, 0) is 43.7 Å². The molecule has 5 heteroatoms. The van der Waals surface area contributed by atoms with Gasteiger partial charge < -0.3 is 10.2 Å². The van der Waals surface area contributed by atoms with Gasteiger partial charge in [0.2, 0.25) is 5.91 Å². The van der Waals surface area contributed by atoms with Crippen molar-refractivity contribution in [3.63, 3.8) is 0 Å². The Morgan fingerprint density at radius 3 is 2.95 bits per heavy atom. The zero-order valence-corrected chi connectivity index (χ0v) is 12.4. The Bertz CT molecular complexity index is 604. The van der Waals surface area contributed by atoms with Crippen molar-refractivity contribution < 1.29 is 4.79 Å². The fourth-order valence-corrected chi connectivity index (χ4v) is 3.45. The Labute approximate surface area is 122 Å². The van der Waals surface area contributed by atoms with Crippen LogP contribution in [0.1, 0.15) is 26.2 Å². The van der Waals surface area contributed by atoms with Gasteiger partial charge in [0.25, 0.3) is 0 Å². The molecule has 1 aliphatic heterocycles. The number of fused-ring (bicyclic) bond motifs is 1. The molecule has 1 N–H and O–H groups in total. The smallest absolute Gasteiger partial charge is 0.244 e. The lowest BCUT2D eigenvalue weighted by atomic mass is 10.1. The third-order valence-corrected chi connectivity index (χ3v) is 4.65.